The van der Waals surface area contributed by atoms with Crippen molar-refractivity contribution in [2.24, 2.45) is 0 Å². The maximum Gasteiger partial charge on any atom is 0.169 e. The molecule has 0 aromatic carbocycles. The minimum Gasteiger partial charge on any atom is -0.355 e. The molecule has 0 aromatic rings. The molecule has 0 amide bonds. The van der Waals surface area contributed by atoms with Gasteiger partial charge in [-0.25, -0.2) is 0 Å². The first-order valence-electron chi connectivity index (χ1n) is 4.26. The summed E-state index contributed by atoms with van der Waals surface area (Å²) in [6, 6.07) is 0. The fourth-order valence-corrected chi connectivity index (χ4v) is 0.873. The smallest absolute Gasteiger partial charge is 0.169 e. The maximum atomic E-state index is 5.01. The largest absolute Gasteiger partial charge is 0.355 e. The van der Waals surface area contributed by atoms with Crippen molar-refractivity contribution < 1.29 is 9.47 Å². The minimum atomic E-state index is -0.125. The average molecular weight is 176 g/mol. The van der Waals surface area contributed by atoms with Gasteiger partial charge in [0.15, 0.2) is 6.29 Å². The second-order valence-electron chi connectivity index (χ2n) is 2.56. The summed E-state index contributed by atoms with van der Waals surface area (Å²) in [6.07, 6.45) is 0.996. The van der Waals surface area contributed by atoms with Gasteiger partial charge in [-0.15, -0.1) is 0 Å². The fourth-order valence-electron chi connectivity index (χ4n) is 0.873. The van der Waals surface area contributed by atoms with Gasteiger partial charge in [0.2, 0.25) is 0 Å². The van der Waals surface area contributed by atoms with Crippen LogP contribution in [0.2, 0.25) is 0 Å². The van der Waals surface area contributed by atoms with E-state index >= 15 is 0 Å². The highest BCUT2D eigenvalue weighted by Gasteiger charge is 2.01. The van der Waals surface area contributed by atoms with E-state index in [-0.39, 0.29) is 6.29 Å². The number of hydrogen-bond acceptors (Lipinski definition) is 4. The van der Waals surface area contributed by atoms with Gasteiger partial charge >= 0.3 is 0 Å². The lowest BCUT2D eigenvalue weighted by Gasteiger charge is -2.13. The molecule has 0 heterocycles. The molecule has 0 fully saturated rings. The van der Waals surface area contributed by atoms with E-state index in [9.17, 15) is 0 Å². The van der Waals surface area contributed by atoms with Crippen LogP contribution in [0.5, 0.6) is 0 Å². The van der Waals surface area contributed by atoms with Crippen molar-refractivity contribution in [1.82, 2.24) is 10.6 Å². The summed E-state index contributed by atoms with van der Waals surface area (Å²) in [6.45, 7) is 2.78. The van der Waals surface area contributed by atoms with E-state index in [1.807, 2.05) is 7.05 Å². The number of rotatable bonds is 8. The van der Waals surface area contributed by atoms with E-state index in [1.165, 1.54) is 0 Å². The van der Waals surface area contributed by atoms with Crippen LogP contribution >= 0.6 is 0 Å². The Bertz CT molecular complexity index is 87.1. The Morgan fingerprint density at radius 2 is 1.83 bits per heavy atom. The Balaban J connectivity index is 3.06. The van der Waals surface area contributed by atoms with Crippen LogP contribution in [0.3, 0.4) is 0 Å². The molecule has 0 rings (SSSR count). The standard InChI is InChI=1S/C8H20N2O2/c1-9-5-4-6-10-7-8(11-2)12-3/h8-10H,4-7H2,1-3H3. The molecule has 0 unspecified atom stereocenters. The molecule has 0 saturated carbocycles. The Hall–Kier alpha value is -0.160. The van der Waals surface area contributed by atoms with Gasteiger partial charge in [0.25, 0.3) is 0 Å². The highest BCUT2D eigenvalue weighted by molar-refractivity contribution is 4.51. The zero-order chi connectivity index (χ0) is 9.23. The van der Waals surface area contributed by atoms with E-state index in [2.05, 4.69) is 10.6 Å². The highest BCUT2D eigenvalue weighted by atomic mass is 16.7. The first-order valence-corrected chi connectivity index (χ1v) is 4.26. The summed E-state index contributed by atoms with van der Waals surface area (Å²) >= 11 is 0. The molecule has 0 aliphatic carbocycles. The van der Waals surface area contributed by atoms with Crippen LogP contribution in [0.15, 0.2) is 0 Å². The second kappa shape index (κ2) is 8.93. The predicted molar refractivity (Wildman–Crippen MR) is 49.2 cm³/mol. The van der Waals surface area contributed by atoms with Crippen molar-refractivity contribution in [2.45, 2.75) is 12.7 Å². The van der Waals surface area contributed by atoms with Crippen LogP contribution in [-0.2, 0) is 9.47 Å². The van der Waals surface area contributed by atoms with E-state index in [1.54, 1.807) is 14.2 Å². The summed E-state index contributed by atoms with van der Waals surface area (Å²) in [7, 11) is 5.24. The van der Waals surface area contributed by atoms with Crippen molar-refractivity contribution >= 4 is 0 Å². The minimum absolute atomic E-state index is 0.125. The van der Waals surface area contributed by atoms with E-state index < -0.39 is 0 Å². The molecule has 0 atom stereocenters. The average Bonchev–Trinajstić information content (AvgIpc) is 2.11. The fraction of sp³-hybridized carbons (Fsp3) is 1.00. The Labute approximate surface area is 74.6 Å². The lowest BCUT2D eigenvalue weighted by Crippen LogP contribution is -2.31. The van der Waals surface area contributed by atoms with Gasteiger partial charge in [0, 0.05) is 20.8 Å². The normalized spacial score (nSPS) is 11.0. The molecule has 0 aromatic heterocycles. The highest BCUT2D eigenvalue weighted by Crippen LogP contribution is 1.87. The number of ether oxygens (including phenoxy) is 2. The Kier molecular flexibility index (Phi) is 8.81. The molecule has 0 aliphatic heterocycles. The van der Waals surface area contributed by atoms with Crippen LogP contribution in [0.1, 0.15) is 6.42 Å². The molecular formula is C8H20N2O2. The van der Waals surface area contributed by atoms with E-state index in [0.717, 1.165) is 26.1 Å². The second-order valence-corrected chi connectivity index (χ2v) is 2.56. The van der Waals surface area contributed by atoms with E-state index in [0.29, 0.717) is 0 Å². The van der Waals surface area contributed by atoms with Gasteiger partial charge in [-0.05, 0) is 26.6 Å². The molecule has 4 nitrogen and oxygen atoms in total. The number of methoxy groups -OCH3 is 2. The third-order valence-corrected chi connectivity index (χ3v) is 1.62. The SMILES string of the molecule is CNCCCNCC(OC)OC. The summed E-state index contributed by atoms with van der Waals surface area (Å²) < 4.78 is 10.0. The van der Waals surface area contributed by atoms with Gasteiger partial charge in [0.1, 0.15) is 0 Å². The van der Waals surface area contributed by atoms with E-state index in [4.69, 9.17) is 9.47 Å². The van der Waals surface area contributed by atoms with Gasteiger partial charge in [-0.1, -0.05) is 0 Å². The number of hydrogen-bond donors (Lipinski definition) is 2. The lowest BCUT2D eigenvalue weighted by molar-refractivity contribution is -0.0986. The molecule has 0 saturated heterocycles. The van der Waals surface area contributed by atoms with Crippen molar-refractivity contribution in [3.63, 3.8) is 0 Å². The molecule has 12 heavy (non-hydrogen) atoms. The van der Waals surface area contributed by atoms with Crippen LogP contribution < -0.4 is 10.6 Å². The van der Waals surface area contributed by atoms with Gasteiger partial charge in [0.05, 0.1) is 0 Å². The van der Waals surface area contributed by atoms with Crippen LogP contribution in [0.25, 0.3) is 0 Å². The summed E-state index contributed by atoms with van der Waals surface area (Å²) in [5.74, 6) is 0. The monoisotopic (exact) mass is 176 g/mol. The first kappa shape index (κ1) is 11.8. The summed E-state index contributed by atoms with van der Waals surface area (Å²) in [5, 5.41) is 6.31. The predicted octanol–water partition coefficient (Wildman–Crippen LogP) is -0.196. The zero-order valence-corrected chi connectivity index (χ0v) is 8.22. The Morgan fingerprint density at radius 3 is 2.33 bits per heavy atom. The third kappa shape index (κ3) is 6.54. The van der Waals surface area contributed by atoms with Crippen molar-refractivity contribution in [2.75, 3.05) is 40.9 Å². The van der Waals surface area contributed by atoms with Crippen molar-refractivity contribution in [3.05, 3.63) is 0 Å². The molecule has 0 bridgehead atoms. The van der Waals surface area contributed by atoms with Gasteiger partial charge in [-0.2, -0.15) is 0 Å². The van der Waals surface area contributed by atoms with Gasteiger partial charge < -0.3 is 20.1 Å². The first-order chi connectivity index (χ1) is 5.85. The quantitative estimate of drug-likeness (QED) is 0.397. The van der Waals surface area contributed by atoms with Crippen molar-refractivity contribution in [1.29, 1.82) is 0 Å². The summed E-state index contributed by atoms with van der Waals surface area (Å²) in [5.41, 5.74) is 0. The molecule has 2 N–H and O–H groups in total. The molecular weight excluding hydrogens is 156 g/mol. The van der Waals surface area contributed by atoms with Crippen LogP contribution in [0, 0.1) is 0 Å². The molecule has 0 aliphatic rings. The molecule has 0 spiro atoms. The van der Waals surface area contributed by atoms with Gasteiger partial charge in [-0.3, -0.25) is 0 Å². The maximum absolute atomic E-state index is 5.01. The molecule has 4 heteroatoms. The number of nitrogens with one attached hydrogen (secondary N) is 2. The van der Waals surface area contributed by atoms with Crippen LogP contribution in [-0.4, -0.2) is 47.2 Å². The Morgan fingerprint density at radius 1 is 1.17 bits per heavy atom. The lowest BCUT2D eigenvalue weighted by atomic mass is 10.4. The topological polar surface area (TPSA) is 42.5 Å². The summed E-state index contributed by atoms with van der Waals surface area (Å²) in [4.78, 5) is 0. The molecule has 0 radical (unpaired) electrons. The van der Waals surface area contributed by atoms with Crippen LogP contribution in [0.4, 0.5) is 0 Å². The van der Waals surface area contributed by atoms with Crippen molar-refractivity contribution in [3.8, 4) is 0 Å². The zero-order valence-electron chi connectivity index (χ0n) is 8.22. The third-order valence-electron chi connectivity index (χ3n) is 1.62. The molecule has 74 valence electrons.